The number of nitrogens with one attached hydrogen (secondary N) is 1. The van der Waals surface area contributed by atoms with Crippen molar-refractivity contribution >= 4 is 0 Å². The first kappa shape index (κ1) is 10.7. The lowest BCUT2D eigenvalue weighted by Gasteiger charge is -2.04. The number of hydrogen-bond donors (Lipinski definition) is 1. The molecule has 3 nitrogen and oxygen atoms in total. The van der Waals surface area contributed by atoms with Crippen molar-refractivity contribution in [2.24, 2.45) is 5.92 Å². The minimum atomic E-state index is 0.388. The van der Waals surface area contributed by atoms with Gasteiger partial charge in [-0.2, -0.15) is 0 Å². The molecule has 1 aromatic rings. The summed E-state index contributed by atoms with van der Waals surface area (Å²) in [6, 6.07) is 0. The predicted octanol–water partition coefficient (Wildman–Crippen LogP) is 2.26. The second kappa shape index (κ2) is 4.35. The van der Waals surface area contributed by atoms with Crippen molar-refractivity contribution in [3.63, 3.8) is 0 Å². The van der Waals surface area contributed by atoms with Crippen molar-refractivity contribution < 1.29 is 4.42 Å². The lowest BCUT2D eigenvalue weighted by Crippen LogP contribution is -2.11. The average Bonchev–Trinajstić information content (AvgIpc) is 2.77. The van der Waals surface area contributed by atoms with Gasteiger partial charge >= 0.3 is 0 Å². The van der Waals surface area contributed by atoms with Gasteiger partial charge in [0, 0.05) is 5.92 Å². The first-order valence-electron chi connectivity index (χ1n) is 5.83. The third kappa shape index (κ3) is 2.40. The van der Waals surface area contributed by atoms with E-state index in [0.717, 1.165) is 42.8 Å². The van der Waals surface area contributed by atoms with Crippen LogP contribution in [0.25, 0.3) is 0 Å². The normalized spacial score (nSPS) is 21.5. The summed E-state index contributed by atoms with van der Waals surface area (Å²) in [7, 11) is 0. The quantitative estimate of drug-likeness (QED) is 0.828. The molecule has 0 amide bonds. The van der Waals surface area contributed by atoms with E-state index in [1.165, 1.54) is 6.42 Å². The molecule has 0 aromatic carbocycles. The van der Waals surface area contributed by atoms with Gasteiger partial charge in [-0.25, -0.2) is 4.98 Å². The second-order valence-corrected chi connectivity index (χ2v) is 4.77. The Hall–Kier alpha value is -0.830. The third-order valence-electron chi connectivity index (χ3n) is 3.05. The Balaban J connectivity index is 2.06. The Labute approximate surface area is 91.3 Å². The molecular weight excluding hydrogens is 188 g/mol. The molecule has 0 radical (unpaired) electrons. The summed E-state index contributed by atoms with van der Waals surface area (Å²) in [5.74, 6) is 3.02. The van der Waals surface area contributed by atoms with Gasteiger partial charge in [-0.05, 0) is 38.8 Å². The summed E-state index contributed by atoms with van der Waals surface area (Å²) in [6.07, 6.45) is 2.33. The van der Waals surface area contributed by atoms with Gasteiger partial charge in [0.05, 0.1) is 5.69 Å². The van der Waals surface area contributed by atoms with Crippen molar-refractivity contribution in [1.82, 2.24) is 10.3 Å². The van der Waals surface area contributed by atoms with Crippen LogP contribution in [0.5, 0.6) is 0 Å². The van der Waals surface area contributed by atoms with Crippen LogP contribution in [-0.2, 0) is 6.42 Å². The zero-order valence-electron chi connectivity index (χ0n) is 9.84. The molecule has 1 aliphatic rings. The molecule has 0 aliphatic carbocycles. The lowest BCUT2D eigenvalue weighted by atomic mass is 10.0. The predicted molar refractivity (Wildman–Crippen MR) is 60.0 cm³/mol. The highest BCUT2D eigenvalue weighted by atomic mass is 16.4. The highest BCUT2D eigenvalue weighted by Gasteiger charge is 2.19. The van der Waals surface area contributed by atoms with E-state index in [-0.39, 0.29) is 0 Å². The fourth-order valence-corrected chi connectivity index (χ4v) is 2.05. The maximum atomic E-state index is 5.65. The molecule has 0 bridgehead atoms. The Morgan fingerprint density at radius 3 is 2.87 bits per heavy atom. The van der Waals surface area contributed by atoms with E-state index in [2.05, 4.69) is 24.1 Å². The third-order valence-corrected chi connectivity index (χ3v) is 3.05. The molecule has 2 heterocycles. The van der Waals surface area contributed by atoms with Crippen LogP contribution in [0.3, 0.4) is 0 Å². The summed E-state index contributed by atoms with van der Waals surface area (Å²) in [5, 5.41) is 3.38. The average molecular weight is 208 g/mol. The molecule has 2 rings (SSSR count). The standard InChI is InChI=1S/C12H20N2O/c1-8(2)12-14-11(9(3)15-12)6-10-4-5-13-7-10/h8,10,13H,4-7H2,1-3H3. The summed E-state index contributed by atoms with van der Waals surface area (Å²) in [6.45, 7) is 8.54. The maximum Gasteiger partial charge on any atom is 0.197 e. The van der Waals surface area contributed by atoms with E-state index < -0.39 is 0 Å². The van der Waals surface area contributed by atoms with Gasteiger partial charge in [0.1, 0.15) is 5.76 Å². The van der Waals surface area contributed by atoms with Gasteiger partial charge in [0.15, 0.2) is 5.89 Å². The number of hydrogen-bond acceptors (Lipinski definition) is 3. The van der Waals surface area contributed by atoms with Gasteiger partial charge in [0.2, 0.25) is 0 Å². The molecule has 1 aromatic heterocycles. The van der Waals surface area contributed by atoms with Crippen LogP contribution in [0, 0.1) is 12.8 Å². The van der Waals surface area contributed by atoms with E-state index in [4.69, 9.17) is 4.42 Å². The zero-order valence-corrected chi connectivity index (χ0v) is 9.84. The van der Waals surface area contributed by atoms with Crippen molar-refractivity contribution in [2.45, 2.75) is 39.5 Å². The van der Waals surface area contributed by atoms with Crippen molar-refractivity contribution in [1.29, 1.82) is 0 Å². The number of nitrogens with zero attached hydrogens (tertiary/aromatic N) is 1. The Morgan fingerprint density at radius 1 is 1.53 bits per heavy atom. The highest BCUT2D eigenvalue weighted by molar-refractivity contribution is 5.11. The van der Waals surface area contributed by atoms with E-state index in [1.807, 2.05) is 6.92 Å². The summed E-state index contributed by atoms with van der Waals surface area (Å²) < 4.78 is 5.65. The van der Waals surface area contributed by atoms with Gasteiger partial charge in [-0.1, -0.05) is 13.8 Å². The molecular formula is C12H20N2O. The number of rotatable bonds is 3. The fraction of sp³-hybridized carbons (Fsp3) is 0.750. The molecule has 1 N–H and O–H groups in total. The van der Waals surface area contributed by atoms with Crippen molar-refractivity contribution in [3.05, 3.63) is 17.3 Å². The molecule has 0 spiro atoms. The molecule has 15 heavy (non-hydrogen) atoms. The summed E-state index contributed by atoms with van der Waals surface area (Å²) in [4.78, 5) is 4.58. The van der Waals surface area contributed by atoms with E-state index >= 15 is 0 Å². The zero-order chi connectivity index (χ0) is 10.8. The van der Waals surface area contributed by atoms with E-state index in [1.54, 1.807) is 0 Å². The Kier molecular flexibility index (Phi) is 3.10. The van der Waals surface area contributed by atoms with Crippen LogP contribution in [-0.4, -0.2) is 18.1 Å². The lowest BCUT2D eigenvalue weighted by molar-refractivity contribution is 0.448. The summed E-state index contributed by atoms with van der Waals surface area (Å²) in [5.41, 5.74) is 1.16. The fourth-order valence-electron chi connectivity index (χ4n) is 2.05. The van der Waals surface area contributed by atoms with Crippen LogP contribution in [0.1, 0.15) is 43.5 Å². The van der Waals surface area contributed by atoms with Crippen LogP contribution in [0.15, 0.2) is 4.42 Å². The van der Waals surface area contributed by atoms with E-state index in [0.29, 0.717) is 5.92 Å². The minimum Gasteiger partial charge on any atom is -0.445 e. The van der Waals surface area contributed by atoms with Crippen molar-refractivity contribution in [3.8, 4) is 0 Å². The molecule has 1 aliphatic heterocycles. The summed E-state index contributed by atoms with van der Waals surface area (Å²) >= 11 is 0. The number of aryl methyl sites for hydroxylation is 1. The molecule has 1 fully saturated rings. The first-order chi connectivity index (χ1) is 7.16. The molecule has 1 saturated heterocycles. The highest BCUT2D eigenvalue weighted by Crippen LogP contribution is 2.21. The number of aromatic nitrogens is 1. The van der Waals surface area contributed by atoms with Crippen LogP contribution in [0.4, 0.5) is 0 Å². The monoisotopic (exact) mass is 208 g/mol. The first-order valence-corrected chi connectivity index (χ1v) is 5.83. The van der Waals surface area contributed by atoms with Crippen LogP contribution in [0.2, 0.25) is 0 Å². The van der Waals surface area contributed by atoms with Crippen molar-refractivity contribution in [2.75, 3.05) is 13.1 Å². The maximum absolute atomic E-state index is 5.65. The van der Waals surface area contributed by atoms with Crippen LogP contribution < -0.4 is 5.32 Å². The Morgan fingerprint density at radius 2 is 2.33 bits per heavy atom. The smallest absolute Gasteiger partial charge is 0.197 e. The topological polar surface area (TPSA) is 38.1 Å². The van der Waals surface area contributed by atoms with Gasteiger partial charge in [0.25, 0.3) is 0 Å². The van der Waals surface area contributed by atoms with Gasteiger partial charge in [-0.3, -0.25) is 0 Å². The van der Waals surface area contributed by atoms with Gasteiger partial charge < -0.3 is 9.73 Å². The minimum absolute atomic E-state index is 0.388. The SMILES string of the molecule is Cc1oc(C(C)C)nc1CC1CCNC1. The Bertz CT molecular complexity index is 324. The van der Waals surface area contributed by atoms with Gasteiger partial charge in [-0.15, -0.1) is 0 Å². The molecule has 3 heteroatoms. The number of oxazole rings is 1. The second-order valence-electron chi connectivity index (χ2n) is 4.77. The van der Waals surface area contributed by atoms with E-state index in [9.17, 15) is 0 Å². The largest absolute Gasteiger partial charge is 0.445 e. The van der Waals surface area contributed by atoms with Crippen LogP contribution >= 0.6 is 0 Å². The molecule has 0 saturated carbocycles. The molecule has 1 atom stereocenters. The molecule has 84 valence electrons. The molecule has 1 unspecified atom stereocenters.